The number of nitrogens with zero attached hydrogens (tertiary/aromatic N) is 1. The zero-order chi connectivity index (χ0) is 13.6. The van der Waals surface area contributed by atoms with Crippen molar-refractivity contribution < 1.29 is 17.9 Å². The Hall–Kier alpha value is -1.90. The number of ether oxygens (including phenoxy) is 1. The van der Waals surface area contributed by atoms with Crippen LogP contribution in [0.1, 0.15) is 18.9 Å². The lowest BCUT2D eigenvalue weighted by atomic mass is 10.2. The first kappa shape index (κ1) is 14.2. The molecule has 6 heteroatoms. The minimum Gasteiger partial charge on any atom is -0.464 e. The van der Waals surface area contributed by atoms with Gasteiger partial charge in [-0.15, -0.1) is 6.42 Å². The Bertz CT molecular complexity index is 438. The SMILES string of the molecule is C#CCOc1cc(C(F)(F)F)cc(NCCC)n1. The first-order valence-corrected chi connectivity index (χ1v) is 5.36. The van der Waals surface area contributed by atoms with E-state index in [1.54, 1.807) is 0 Å². The van der Waals surface area contributed by atoms with Crippen LogP contribution in [0.4, 0.5) is 19.0 Å². The van der Waals surface area contributed by atoms with Gasteiger partial charge in [-0.1, -0.05) is 12.8 Å². The molecule has 98 valence electrons. The van der Waals surface area contributed by atoms with E-state index in [1.807, 2.05) is 6.92 Å². The van der Waals surface area contributed by atoms with Crippen LogP contribution in [-0.2, 0) is 6.18 Å². The molecule has 0 radical (unpaired) electrons. The van der Waals surface area contributed by atoms with E-state index >= 15 is 0 Å². The fourth-order valence-electron chi connectivity index (χ4n) is 1.20. The normalized spacial score (nSPS) is 10.8. The lowest BCUT2D eigenvalue weighted by Gasteiger charge is -2.12. The first-order chi connectivity index (χ1) is 8.47. The molecule has 1 aromatic heterocycles. The van der Waals surface area contributed by atoms with Crippen LogP contribution in [0, 0.1) is 12.3 Å². The Morgan fingerprint density at radius 3 is 2.72 bits per heavy atom. The van der Waals surface area contributed by atoms with Crippen molar-refractivity contribution in [1.82, 2.24) is 4.98 Å². The summed E-state index contributed by atoms with van der Waals surface area (Å²) >= 11 is 0. The molecule has 0 atom stereocenters. The minimum absolute atomic E-state index is 0.123. The number of nitrogens with one attached hydrogen (secondary N) is 1. The number of rotatable bonds is 5. The van der Waals surface area contributed by atoms with Crippen LogP contribution in [0.3, 0.4) is 0 Å². The van der Waals surface area contributed by atoms with Crippen molar-refractivity contribution in [3.8, 4) is 18.2 Å². The minimum atomic E-state index is -4.44. The molecule has 0 aliphatic rings. The third kappa shape index (κ3) is 4.17. The molecule has 0 saturated carbocycles. The van der Waals surface area contributed by atoms with Crippen LogP contribution in [0.15, 0.2) is 12.1 Å². The number of pyridine rings is 1. The predicted octanol–water partition coefficient (Wildman–Crippen LogP) is 2.93. The van der Waals surface area contributed by atoms with Crippen molar-refractivity contribution in [1.29, 1.82) is 0 Å². The van der Waals surface area contributed by atoms with Gasteiger partial charge >= 0.3 is 6.18 Å². The molecule has 0 fully saturated rings. The summed E-state index contributed by atoms with van der Waals surface area (Å²) in [5.74, 6) is 2.16. The first-order valence-electron chi connectivity index (χ1n) is 5.36. The summed E-state index contributed by atoms with van der Waals surface area (Å²) in [5, 5.41) is 2.78. The maximum Gasteiger partial charge on any atom is 0.416 e. The highest BCUT2D eigenvalue weighted by Gasteiger charge is 2.31. The van der Waals surface area contributed by atoms with Gasteiger partial charge < -0.3 is 10.1 Å². The molecule has 3 nitrogen and oxygen atoms in total. The van der Waals surface area contributed by atoms with Gasteiger partial charge in [0.1, 0.15) is 5.82 Å². The molecule has 0 amide bonds. The summed E-state index contributed by atoms with van der Waals surface area (Å²) < 4.78 is 42.8. The number of anilines is 1. The Labute approximate surface area is 103 Å². The molecule has 1 aromatic rings. The summed E-state index contributed by atoms with van der Waals surface area (Å²) in [7, 11) is 0. The van der Waals surface area contributed by atoms with Gasteiger partial charge in [-0.05, 0) is 12.5 Å². The number of aromatic nitrogens is 1. The Balaban J connectivity index is 3.00. The van der Waals surface area contributed by atoms with Gasteiger partial charge in [-0.3, -0.25) is 0 Å². The Morgan fingerprint density at radius 2 is 2.17 bits per heavy atom. The van der Waals surface area contributed by atoms with Crippen molar-refractivity contribution in [2.45, 2.75) is 19.5 Å². The largest absolute Gasteiger partial charge is 0.464 e. The molecule has 0 unspecified atom stereocenters. The lowest BCUT2D eigenvalue weighted by Crippen LogP contribution is -2.10. The second kappa shape index (κ2) is 6.15. The average Bonchev–Trinajstić information content (AvgIpc) is 2.32. The monoisotopic (exact) mass is 258 g/mol. The number of hydrogen-bond acceptors (Lipinski definition) is 3. The van der Waals surface area contributed by atoms with Crippen LogP contribution in [0.2, 0.25) is 0 Å². The number of halogens is 3. The highest BCUT2D eigenvalue weighted by molar-refractivity contribution is 5.42. The van der Waals surface area contributed by atoms with Crippen LogP contribution < -0.4 is 10.1 Å². The van der Waals surface area contributed by atoms with Crippen molar-refractivity contribution >= 4 is 5.82 Å². The smallest absolute Gasteiger partial charge is 0.416 e. The molecular formula is C12H13F3N2O. The Kier molecular flexibility index (Phi) is 4.84. The van der Waals surface area contributed by atoms with Crippen molar-refractivity contribution in [3.63, 3.8) is 0 Å². The van der Waals surface area contributed by atoms with Gasteiger partial charge in [-0.25, -0.2) is 0 Å². The maximum absolute atomic E-state index is 12.6. The van der Waals surface area contributed by atoms with E-state index in [-0.39, 0.29) is 18.3 Å². The second-order valence-electron chi connectivity index (χ2n) is 3.50. The number of terminal acetylenes is 1. The zero-order valence-corrected chi connectivity index (χ0v) is 9.84. The number of alkyl halides is 3. The van der Waals surface area contributed by atoms with E-state index in [0.29, 0.717) is 6.54 Å². The van der Waals surface area contributed by atoms with Crippen LogP contribution in [0.5, 0.6) is 5.88 Å². The van der Waals surface area contributed by atoms with Gasteiger partial charge in [0.2, 0.25) is 5.88 Å². The maximum atomic E-state index is 12.6. The van der Waals surface area contributed by atoms with Gasteiger partial charge in [-0.2, -0.15) is 18.2 Å². The van der Waals surface area contributed by atoms with Crippen LogP contribution in [0.25, 0.3) is 0 Å². The molecule has 0 bridgehead atoms. The second-order valence-corrected chi connectivity index (χ2v) is 3.50. The molecule has 1 N–H and O–H groups in total. The summed E-state index contributed by atoms with van der Waals surface area (Å²) in [6.45, 7) is 2.31. The third-order valence-electron chi connectivity index (χ3n) is 1.99. The fourth-order valence-corrected chi connectivity index (χ4v) is 1.20. The molecule has 1 heterocycles. The van der Waals surface area contributed by atoms with E-state index in [2.05, 4.69) is 16.2 Å². The zero-order valence-electron chi connectivity index (χ0n) is 9.84. The van der Waals surface area contributed by atoms with Crippen molar-refractivity contribution in [2.75, 3.05) is 18.5 Å². The topological polar surface area (TPSA) is 34.1 Å². The summed E-state index contributed by atoms with van der Waals surface area (Å²) in [6.07, 6.45) is 1.31. The lowest BCUT2D eigenvalue weighted by molar-refractivity contribution is -0.137. The predicted molar refractivity (Wildman–Crippen MR) is 62.3 cm³/mol. The van der Waals surface area contributed by atoms with Crippen molar-refractivity contribution in [3.05, 3.63) is 17.7 Å². The van der Waals surface area contributed by atoms with Gasteiger partial charge in [0.15, 0.2) is 6.61 Å². The van der Waals surface area contributed by atoms with Gasteiger partial charge in [0.25, 0.3) is 0 Å². The third-order valence-corrected chi connectivity index (χ3v) is 1.99. The molecule has 0 saturated heterocycles. The molecule has 0 aliphatic carbocycles. The van der Waals surface area contributed by atoms with Gasteiger partial charge in [0, 0.05) is 12.6 Å². The molecule has 18 heavy (non-hydrogen) atoms. The van der Waals surface area contributed by atoms with E-state index in [1.165, 1.54) is 0 Å². The summed E-state index contributed by atoms with van der Waals surface area (Å²) in [5.41, 5.74) is -0.817. The number of hydrogen-bond donors (Lipinski definition) is 1. The Morgan fingerprint density at radius 1 is 1.44 bits per heavy atom. The summed E-state index contributed by atoms with van der Waals surface area (Å²) in [4.78, 5) is 3.89. The molecular weight excluding hydrogens is 245 g/mol. The standard InChI is InChI=1S/C12H13F3N2O/c1-3-5-16-10-7-9(12(13,14)15)8-11(17-10)18-6-4-2/h2,7-8H,3,5-6H2,1H3,(H,16,17). The average molecular weight is 258 g/mol. The van der Waals surface area contributed by atoms with E-state index in [4.69, 9.17) is 11.2 Å². The molecule has 1 rings (SSSR count). The molecule has 0 aliphatic heterocycles. The van der Waals surface area contributed by atoms with E-state index in [9.17, 15) is 13.2 Å². The quantitative estimate of drug-likeness (QED) is 0.824. The fraction of sp³-hybridized carbons (Fsp3) is 0.417. The van der Waals surface area contributed by atoms with Gasteiger partial charge in [0.05, 0.1) is 5.56 Å². The highest BCUT2D eigenvalue weighted by Crippen LogP contribution is 2.32. The summed E-state index contributed by atoms with van der Waals surface area (Å²) in [6, 6.07) is 1.77. The van der Waals surface area contributed by atoms with Crippen LogP contribution >= 0.6 is 0 Å². The molecule has 0 spiro atoms. The highest BCUT2D eigenvalue weighted by atomic mass is 19.4. The van der Waals surface area contributed by atoms with E-state index < -0.39 is 11.7 Å². The van der Waals surface area contributed by atoms with Crippen molar-refractivity contribution in [2.24, 2.45) is 0 Å². The van der Waals surface area contributed by atoms with E-state index in [0.717, 1.165) is 18.6 Å². The van der Waals surface area contributed by atoms with Crippen LogP contribution in [-0.4, -0.2) is 18.1 Å². The molecule has 0 aromatic carbocycles.